The van der Waals surface area contributed by atoms with Crippen LogP contribution in [-0.2, 0) is 0 Å². The zero-order valence-electron chi connectivity index (χ0n) is 5.87. The van der Waals surface area contributed by atoms with Crippen LogP contribution in [0.3, 0.4) is 0 Å². The molecule has 0 aromatic rings. The molecular weight excluding hydrogens is 168 g/mol. The molecule has 0 radical (unpaired) electrons. The molecule has 3 heteroatoms. The van der Waals surface area contributed by atoms with Crippen molar-refractivity contribution in [1.82, 2.24) is 0 Å². The number of rotatable bonds is 4. The SMILES string of the molecule is CC(S)CSCC(C)S. The van der Waals surface area contributed by atoms with E-state index < -0.39 is 0 Å². The van der Waals surface area contributed by atoms with E-state index in [9.17, 15) is 0 Å². The van der Waals surface area contributed by atoms with E-state index in [-0.39, 0.29) is 0 Å². The molecule has 0 aliphatic heterocycles. The largest absolute Gasteiger partial charge is 0.175 e. The summed E-state index contributed by atoms with van der Waals surface area (Å²) in [4.78, 5) is 0. The molecule has 0 heterocycles. The van der Waals surface area contributed by atoms with Gasteiger partial charge in [-0.05, 0) is 0 Å². The lowest BCUT2D eigenvalue weighted by Gasteiger charge is -2.04. The minimum Gasteiger partial charge on any atom is -0.175 e. The van der Waals surface area contributed by atoms with Crippen molar-refractivity contribution in [2.45, 2.75) is 24.3 Å². The molecule has 0 saturated carbocycles. The monoisotopic (exact) mass is 182 g/mol. The van der Waals surface area contributed by atoms with Crippen molar-refractivity contribution in [3.63, 3.8) is 0 Å². The van der Waals surface area contributed by atoms with Gasteiger partial charge in [0.1, 0.15) is 0 Å². The zero-order valence-corrected chi connectivity index (χ0v) is 8.48. The molecule has 0 bridgehead atoms. The minimum absolute atomic E-state index is 0.516. The number of thiol groups is 2. The molecular formula is C6H14S3. The third kappa shape index (κ3) is 9.05. The average molecular weight is 182 g/mol. The lowest BCUT2D eigenvalue weighted by atomic mass is 10.6. The van der Waals surface area contributed by atoms with Crippen molar-refractivity contribution in [3.05, 3.63) is 0 Å². The Balaban J connectivity index is 2.91. The van der Waals surface area contributed by atoms with Gasteiger partial charge in [0.2, 0.25) is 0 Å². The summed E-state index contributed by atoms with van der Waals surface area (Å²) in [6.45, 7) is 4.22. The van der Waals surface area contributed by atoms with Gasteiger partial charge in [0, 0.05) is 22.0 Å². The van der Waals surface area contributed by atoms with Crippen molar-refractivity contribution in [2.75, 3.05) is 11.5 Å². The Bertz CT molecular complexity index is 53.3. The standard InChI is InChI=1S/C6H14S3/c1-5(7)3-9-4-6(2)8/h5-8H,3-4H2,1-2H3. The quantitative estimate of drug-likeness (QED) is 0.629. The van der Waals surface area contributed by atoms with E-state index in [0.717, 1.165) is 11.5 Å². The molecule has 0 aromatic carbocycles. The molecule has 0 aliphatic carbocycles. The summed E-state index contributed by atoms with van der Waals surface area (Å²) in [5, 5.41) is 1.03. The first-order chi connectivity index (χ1) is 4.13. The highest BCUT2D eigenvalue weighted by Gasteiger charge is 1.97. The van der Waals surface area contributed by atoms with Crippen LogP contribution in [-0.4, -0.2) is 22.0 Å². The summed E-state index contributed by atoms with van der Waals surface area (Å²) in [7, 11) is 0. The van der Waals surface area contributed by atoms with Crippen LogP contribution in [0.1, 0.15) is 13.8 Å². The van der Waals surface area contributed by atoms with Crippen LogP contribution < -0.4 is 0 Å². The summed E-state index contributed by atoms with van der Waals surface area (Å²) >= 11 is 10.4. The van der Waals surface area contributed by atoms with E-state index in [0.29, 0.717) is 10.5 Å². The summed E-state index contributed by atoms with van der Waals surface area (Å²) in [5.74, 6) is 2.27. The van der Waals surface area contributed by atoms with Gasteiger partial charge in [0.15, 0.2) is 0 Å². The van der Waals surface area contributed by atoms with E-state index in [1.807, 2.05) is 11.8 Å². The van der Waals surface area contributed by atoms with E-state index >= 15 is 0 Å². The molecule has 2 unspecified atom stereocenters. The van der Waals surface area contributed by atoms with Crippen molar-refractivity contribution >= 4 is 37.0 Å². The van der Waals surface area contributed by atoms with Gasteiger partial charge in [0.05, 0.1) is 0 Å². The first-order valence-electron chi connectivity index (χ1n) is 3.06. The number of hydrogen-bond acceptors (Lipinski definition) is 3. The van der Waals surface area contributed by atoms with Gasteiger partial charge in [-0.3, -0.25) is 0 Å². The molecule has 0 spiro atoms. The smallest absolute Gasteiger partial charge is 0.00792 e. The number of hydrogen-bond donors (Lipinski definition) is 2. The molecule has 0 rings (SSSR count). The fraction of sp³-hybridized carbons (Fsp3) is 1.00. The maximum Gasteiger partial charge on any atom is 0.00792 e. The predicted molar refractivity (Wildman–Crippen MR) is 54.2 cm³/mol. The molecule has 0 N–H and O–H groups in total. The van der Waals surface area contributed by atoms with E-state index in [1.54, 1.807) is 0 Å². The normalized spacial score (nSPS) is 17.3. The fourth-order valence-corrected chi connectivity index (χ4v) is 1.86. The first-order valence-corrected chi connectivity index (χ1v) is 5.25. The lowest BCUT2D eigenvalue weighted by Crippen LogP contribution is -2.00. The Morgan fingerprint density at radius 1 is 1.11 bits per heavy atom. The van der Waals surface area contributed by atoms with Crippen LogP contribution in [0.2, 0.25) is 0 Å². The molecule has 0 nitrogen and oxygen atoms in total. The highest BCUT2D eigenvalue weighted by Crippen LogP contribution is 2.10. The predicted octanol–water partition coefficient (Wildman–Crippen LogP) is 2.36. The van der Waals surface area contributed by atoms with Crippen molar-refractivity contribution in [1.29, 1.82) is 0 Å². The highest BCUT2D eigenvalue weighted by molar-refractivity contribution is 8.00. The molecule has 0 amide bonds. The van der Waals surface area contributed by atoms with Crippen LogP contribution in [0.15, 0.2) is 0 Å². The van der Waals surface area contributed by atoms with Gasteiger partial charge >= 0.3 is 0 Å². The second-order valence-corrected chi connectivity index (χ2v) is 5.07. The van der Waals surface area contributed by atoms with Gasteiger partial charge in [-0.1, -0.05) is 13.8 Å². The maximum atomic E-state index is 4.25. The third-order valence-electron chi connectivity index (χ3n) is 0.718. The van der Waals surface area contributed by atoms with Crippen LogP contribution in [0, 0.1) is 0 Å². The van der Waals surface area contributed by atoms with E-state index in [1.165, 1.54) is 0 Å². The average Bonchev–Trinajstić information content (AvgIpc) is 1.63. The van der Waals surface area contributed by atoms with Crippen molar-refractivity contribution < 1.29 is 0 Å². The van der Waals surface area contributed by atoms with Gasteiger partial charge in [0.25, 0.3) is 0 Å². The molecule has 0 fully saturated rings. The van der Waals surface area contributed by atoms with Gasteiger partial charge < -0.3 is 0 Å². The topological polar surface area (TPSA) is 0 Å². The summed E-state index contributed by atoms with van der Waals surface area (Å²) in [6.07, 6.45) is 0. The highest BCUT2D eigenvalue weighted by atomic mass is 32.2. The van der Waals surface area contributed by atoms with Crippen molar-refractivity contribution in [3.8, 4) is 0 Å². The Hall–Kier alpha value is 1.05. The Kier molecular flexibility index (Phi) is 6.48. The van der Waals surface area contributed by atoms with Crippen LogP contribution in [0.4, 0.5) is 0 Å². The Labute approximate surface area is 73.0 Å². The van der Waals surface area contributed by atoms with E-state index in [4.69, 9.17) is 0 Å². The van der Waals surface area contributed by atoms with Gasteiger partial charge in [-0.25, -0.2) is 0 Å². The molecule has 0 aliphatic rings. The summed E-state index contributed by atoms with van der Waals surface area (Å²) in [6, 6.07) is 0. The second-order valence-electron chi connectivity index (χ2n) is 2.24. The second kappa shape index (κ2) is 5.81. The minimum atomic E-state index is 0.516. The molecule has 56 valence electrons. The van der Waals surface area contributed by atoms with Crippen LogP contribution in [0.5, 0.6) is 0 Å². The Morgan fingerprint density at radius 2 is 1.44 bits per heavy atom. The lowest BCUT2D eigenvalue weighted by molar-refractivity contribution is 1.11. The van der Waals surface area contributed by atoms with Gasteiger partial charge in [-0.15, -0.1) is 0 Å². The summed E-state index contributed by atoms with van der Waals surface area (Å²) < 4.78 is 0. The fourth-order valence-electron chi connectivity index (χ4n) is 0.409. The van der Waals surface area contributed by atoms with Crippen LogP contribution in [0.25, 0.3) is 0 Å². The first kappa shape index (κ1) is 10.0. The Morgan fingerprint density at radius 3 is 1.67 bits per heavy atom. The van der Waals surface area contributed by atoms with Crippen molar-refractivity contribution in [2.24, 2.45) is 0 Å². The molecule has 2 atom stereocenters. The summed E-state index contributed by atoms with van der Waals surface area (Å²) in [5.41, 5.74) is 0. The molecule has 0 aromatic heterocycles. The van der Waals surface area contributed by atoms with E-state index in [2.05, 4.69) is 39.1 Å². The molecule has 0 saturated heterocycles. The van der Waals surface area contributed by atoms with Crippen LogP contribution >= 0.6 is 37.0 Å². The molecule has 9 heavy (non-hydrogen) atoms. The number of thioether (sulfide) groups is 1. The maximum absolute atomic E-state index is 4.25. The zero-order chi connectivity index (χ0) is 7.28. The van der Waals surface area contributed by atoms with Gasteiger partial charge in [-0.2, -0.15) is 37.0 Å². The third-order valence-corrected chi connectivity index (χ3v) is 3.05.